The van der Waals surface area contributed by atoms with E-state index in [-0.39, 0.29) is 12.5 Å². The van der Waals surface area contributed by atoms with E-state index in [0.717, 1.165) is 41.9 Å². The Morgan fingerprint density at radius 1 is 1.08 bits per heavy atom. The van der Waals surface area contributed by atoms with E-state index in [1.807, 2.05) is 6.92 Å². The maximum atomic E-state index is 11.5. The normalized spacial score (nSPS) is 37.9. The summed E-state index contributed by atoms with van der Waals surface area (Å²) in [6.07, 6.45) is 17.9. The van der Waals surface area contributed by atoms with Crippen LogP contribution in [0.4, 0.5) is 0 Å². The van der Waals surface area contributed by atoms with Crippen LogP contribution in [0.3, 0.4) is 0 Å². The Balaban J connectivity index is 1.31. The van der Waals surface area contributed by atoms with Crippen molar-refractivity contribution in [1.82, 2.24) is 5.32 Å². The number of allylic oxidation sites excluding steroid dienone is 1. The Kier molecular flexibility index (Phi) is 9.87. The summed E-state index contributed by atoms with van der Waals surface area (Å²) in [5.74, 6) is 5.17. The Morgan fingerprint density at radius 2 is 1.89 bits per heavy atom. The molecule has 37 heavy (non-hydrogen) atoms. The van der Waals surface area contributed by atoms with Gasteiger partial charge in [0.25, 0.3) is 0 Å². The lowest BCUT2D eigenvalue weighted by Gasteiger charge is -2.58. The van der Waals surface area contributed by atoms with Crippen molar-refractivity contribution in [3.63, 3.8) is 0 Å². The average Bonchev–Trinajstić information content (AvgIpc) is 3.21. The van der Waals surface area contributed by atoms with Gasteiger partial charge in [0.05, 0.1) is 25.9 Å². The summed E-state index contributed by atoms with van der Waals surface area (Å²) in [5.41, 5.74) is 2.65. The molecule has 4 aliphatic carbocycles. The number of carbonyl (C=O) groups excluding carboxylic acids is 1. The Morgan fingerprint density at radius 3 is 2.65 bits per heavy atom. The van der Waals surface area contributed by atoms with Crippen LogP contribution < -0.4 is 5.32 Å². The third-order valence-electron chi connectivity index (χ3n) is 11.5. The van der Waals surface area contributed by atoms with Crippen LogP contribution in [0.15, 0.2) is 11.6 Å². The number of esters is 1. The van der Waals surface area contributed by atoms with Crippen LogP contribution in [0.25, 0.3) is 0 Å². The van der Waals surface area contributed by atoms with Gasteiger partial charge in [-0.05, 0) is 105 Å². The van der Waals surface area contributed by atoms with Gasteiger partial charge in [-0.3, -0.25) is 4.79 Å². The van der Waals surface area contributed by atoms with E-state index >= 15 is 0 Å². The van der Waals surface area contributed by atoms with E-state index in [9.17, 15) is 4.79 Å². The zero-order valence-electron chi connectivity index (χ0n) is 25.0. The molecular formula is C33H57NO3. The topological polar surface area (TPSA) is 47.6 Å². The predicted molar refractivity (Wildman–Crippen MR) is 152 cm³/mol. The number of nitrogens with one attached hydrogen (secondary N) is 1. The number of rotatable bonds is 12. The number of carbonyl (C=O) groups is 1. The van der Waals surface area contributed by atoms with Gasteiger partial charge in [0.15, 0.2) is 0 Å². The SMILES string of the molecule is CCOC(=O)CNCCO[C@H]1CC[C@@]2(C)C(=CC[C@H]3C4CC[C@H]([C@H](C)CCCC(C)C)[C@@]4(C)CC[C@@H]32)C1. The molecule has 8 atom stereocenters. The van der Waals surface area contributed by atoms with Crippen molar-refractivity contribution >= 4 is 5.97 Å². The minimum Gasteiger partial charge on any atom is -0.465 e. The summed E-state index contributed by atoms with van der Waals surface area (Å²) < 4.78 is 11.2. The molecule has 0 aromatic heterocycles. The zero-order valence-corrected chi connectivity index (χ0v) is 25.0. The number of fused-ring (bicyclic) bond motifs is 5. The summed E-state index contributed by atoms with van der Waals surface area (Å²) in [5, 5.41) is 3.15. The van der Waals surface area contributed by atoms with Crippen LogP contribution in [0, 0.1) is 46.3 Å². The third kappa shape index (κ3) is 6.32. The van der Waals surface area contributed by atoms with Gasteiger partial charge in [-0.15, -0.1) is 0 Å². The molecule has 3 fully saturated rings. The second-order valence-electron chi connectivity index (χ2n) is 14.0. The third-order valence-corrected chi connectivity index (χ3v) is 11.5. The maximum absolute atomic E-state index is 11.5. The maximum Gasteiger partial charge on any atom is 0.319 e. The quantitative estimate of drug-likeness (QED) is 0.165. The van der Waals surface area contributed by atoms with Crippen molar-refractivity contribution in [2.24, 2.45) is 46.3 Å². The Bertz CT molecular complexity index is 792. The van der Waals surface area contributed by atoms with Gasteiger partial charge in [0.2, 0.25) is 0 Å². The van der Waals surface area contributed by atoms with Crippen molar-refractivity contribution in [3.8, 4) is 0 Å². The van der Waals surface area contributed by atoms with Crippen LogP contribution in [-0.4, -0.2) is 38.4 Å². The van der Waals surface area contributed by atoms with Gasteiger partial charge in [0.1, 0.15) is 0 Å². The van der Waals surface area contributed by atoms with Crippen molar-refractivity contribution in [3.05, 3.63) is 11.6 Å². The lowest BCUT2D eigenvalue weighted by molar-refractivity contribution is -0.142. The lowest BCUT2D eigenvalue weighted by Crippen LogP contribution is -2.51. The Hall–Kier alpha value is -0.870. The van der Waals surface area contributed by atoms with E-state index in [1.54, 1.807) is 5.57 Å². The second kappa shape index (κ2) is 12.5. The highest BCUT2D eigenvalue weighted by Crippen LogP contribution is 2.67. The van der Waals surface area contributed by atoms with Gasteiger partial charge in [-0.2, -0.15) is 0 Å². The first-order valence-corrected chi connectivity index (χ1v) is 15.9. The minimum atomic E-state index is -0.185. The summed E-state index contributed by atoms with van der Waals surface area (Å²) >= 11 is 0. The van der Waals surface area contributed by atoms with E-state index in [2.05, 4.69) is 46.0 Å². The first-order chi connectivity index (χ1) is 17.7. The van der Waals surface area contributed by atoms with E-state index in [4.69, 9.17) is 9.47 Å². The largest absolute Gasteiger partial charge is 0.465 e. The van der Waals surface area contributed by atoms with Crippen molar-refractivity contribution in [1.29, 1.82) is 0 Å². The van der Waals surface area contributed by atoms with Gasteiger partial charge < -0.3 is 14.8 Å². The molecule has 0 aromatic rings. The second-order valence-corrected chi connectivity index (χ2v) is 14.0. The fraction of sp³-hybridized carbons (Fsp3) is 0.909. The Labute approximate surface area is 228 Å². The highest BCUT2D eigenvalue weighted by molar-refractivity contribution is 5.71. The molecular weight excluding hydrogens is 458 g/mol. The average molecular weight is 516 g/mol. The zero-order chi connectivity index (χ0) is 26.6. The molecule has 0 spiro atoms. The minimum absolute atomic E-state index is 0.185. The van der Waals surface area contributed by atoms with Crippen molar-refractivity contribution in [2.75, 3.05) is 26.3 Å². The first kappa shape index (κ1) is 29.1. The summed E-state index contributed by atoms with van der Waals surface area (Å²) in [6, 6.07) is 0. The van der Waals surface area contributed by atoms with E-state index in [0.29, 0.717) is 36.7 Å². The first-order valence-electron chi connectivity index (χ1n) is 15.9. The predicted octanol–water partition coefficient (Wildman–Crippen LogP) is 7.57. The molecule has 1 N–H and O–H groups in total. The van der Waals surface area contributed by atoms with Crippen LogP contribution in [0.2, 0.25) is 0 Å². The summed E-state index contributed by atoms with van der Waals surface area (Å²) in [6.45, 7) is 16.5. The molecule has 212 valence electrons. The monoisotopic (exact) mass is 515 g/mol. The fourth-order valence-corrected chi connectivity index (χ4v) is 9.49. The number of hydrogen-bond donors (Lipinski definition) is 1. The summed E-state index contributed by atoms with van der Waals surface area (Å²) in [4.78, 5) is 11.5. The molecule has 3 saturated carbocycles. The molecule has 0 bridgehead atoms. The number of ether oxygens (including phenoxy) is 2. The molecule has 4 nitrogen and oxygen atoms in total. The number of hydrogen-bond acceptors (Lipinski definition) is 4. The molecule has 4 rings (SSSR count). The van der Waals surface area contributed by atoms with Crippen molar-refractivity contribution < 1.29 is 14.3 Å². The molecule has 0 heterocycles. The molecule has 0 aliphatic heterocycles. The highest BCUT2D eigenvalue weighted by Gasteiger charge is 2.59. The molecule has 1 unspecified atom stereocenters. The summed E-state index contributed by atoms with van der Waals surface area (Å²) in [7, 11) is 0. The van der Waals surface area contributed by atoms with Gasteiger partial charge in [-0.1, -0.05) is 65.5 Å². The van der Waals surface area contributed by atoms with Crippen LogP contribution in [0.1, 0.15) is 112 Å². The lowest BCUT2D eigenvalue weighted by atomic mass is 9.47. The fourth-order valence-electron chi connectivity index (χ4n) is 9.49. The van der Waals surface area contributed by atoms with Crippen LogP contribution in [-0.2, 0) is 14.3 Å². The van der Waals surface area contributed by atoms with Crippen LogP contribution >= 0.6 is 0 Å². The van der Waals surface area contributed by atoms with Gasteiger partial charge in [0, 0.05) is 6.54 Å². The van der Waals surface area contributed by atoms with Gasteiger partial charge in [-0.25, -0.2) is 0 Å². The molecule has 0 saturated heterocycles. The molecule has 4 heteroatoms. The van der Waals surface area contributed by atoms with E-state index < -0.39 is 0 Å². The molecule has 0 amide bonds. The van der Waals surface area contributed by atoms with Crippen molar-refractivity contribution in [2.45, 2.75) is 118 Å². The molecule has 0 radical (unpaired) electrons. The molecule has 0 aromatic carbocycles. The van der Waals surface area contributed by atoms with Gasteiger partial charge >= 0.3 is 5.97 Å². The molecule has 4 aliphatic rings. The smallest absolute Gasteiger partial charge is 0.319 e. The van der Waals surface area contributed by atoms with Crippen LogP contribution in [0.5, 0.6) is 0 Å². The van der Waals surface area contributed by atoms with E-state index in [1.165, 1.54) is 64.2 Å². The highest BCUT2D eigenvalue weighted by atomic mass is 16.5. The standard InChI is InChI=1S/C33H57NO3/c1-7-36-31(35)22-34-19-20-37-26-15-17-32(5)25(21-26)11-12-27-29-14-13-28(24(4)10-8-9-23(2)3)33(29,6)18-16-30(27)32/h11,23-24,26-30,34H,7-10,12-22H2,1-6H3/t24-,26+,27+,28-,29?,30+,32+,33-/m1/s1.